The standard InChI is InChI=1S/C10H9N5O/c1-6-3-8(5-11)13-10(12-6)16-9-4-7(2)14-15-9/h3-4H,1-2H3,(H,14,15). The van der Waals surface area contributed by atoms with Crippen LogP contribution in [0, 0.1) is 25.2 Å². The number of nitrogens with zero attached hydrogens (tertiary/aromatic N) is 4. The summed E-state index contributed by atoms with van der Waals surface area (Å²) in [5, 5.41) is 15.4. The predicted molar refractivity (Wildman–Crippen MR) is 54.9 cm³/mol. The maximum Gasteiger partial charge on any atom is 0.324 e. The fourth-order valence-electron chi connectivity index (χ4n) is 1.18. The average molecular weight is 215 g/mol. The van der Waals surface area contributed by atoms with Gasteiger partial charge in [-0.15, -0.1) is 5.10 Å². The number of hydrogen-bond acceptors (Lipinski definition) is 5. The molecule has 0 fully saturated rings. The molecule has 2 aromatic rings. The Labute approximate surface area is 91.9 Å². The van der Waals surface area contributed by atoms with E-state index in [0.29, 0.717) is 11.6 Å². The Balaban J connectivity index is 2.28. The summed E-state index contributed by atoms with van der Waals surface area (Å²) >= 11 is 0. The summed E-state index contributed by atoms with van der Waals surface area (Å²) in [6.45, 7) is 3.63. The van der Waals surface area contributed by atoms with E-state index in [1.165, 1.54) is 0 Å². The van der Waals surface area contributed by atoms with Crippen LogP contribution in [-0.4, -0.2) is 20.2 Å². The van der Waals surface area contributed by atoms with Crippen molar-refractivity contribution in [3.8, 4) is 18.0 Å². The molecule has 6 nitrogen and oxygen atoms in total. The second-order valence-corrected chi connectivity index (χ2v) is 3.28. The topological polar surface area (TPSA) is 87.5 Å². The molecule has 6 heteroatoms. The van der Waals surface area contributed by atoms with E-state index in [2.05, 4.69) is 20.2 Å². The third-order valence-electron chi connectivity index (χ3n) is 1.83. The number of H-pyrrole nitrogens is 1. The van der Waals surface area contributed by atoms with E-state index in [4.69, 9.17) is 10.00 Å². The Hall–Kier alpha value is -2.42. The lowest BCUT2D eigenvalue weighted by molar-refractivity contribution is 0.422. The largest absolute Gasteiger partial charge is 0.404 e. The zero-order valence-corrected chi connectivity index (χ0v) is 8.85. The van der Waals surface area contributed by atoms with Gasteiger partial charge in [0.05, 0.1) is 0 Å². The van der Waals surface area contributed by atoms with E-state index in [1.807, 2.05) is 13.0 Å². The zero-order valence-electron chi connectivity index (χ0n) is 8.85. The second-order valence-electron chi connectivity index (χ2n) is 3.28. The highest BCUT2D eigenvalue weighted by Gasteiger charge is 2.06. The van der Waals surface area contributed by atoms with Gasteiger partial charge >= 0.3 is 6.01 Å². The molecule has 2 rings (SSSR count). The second kappa shape index (κ2) is 3.98. The molecular formula is C10H9N5O. The van der Waals surface area contributed by atoms with Crippen molar-refractivity contribution in [2.45, 2.75) is 13.8 Å². The molecule has 0 saturated heterocycles. The number of aromatic amines is 1. The molecule has 0 atom stereocenters. The minimum atomic E-state index is 0.128. The summed E-state index contributed by atoms with van der Waals surface area (Å²) in [6.07, 6.45) is 0. The normalized spacial score (nSPS) is 9.81. The average Bonchev–Trinajstić information content (AvgIpc) is 2.63. The van der Waals surface area contributed by atoms with Gasteiger partial charge in [0, 0.05) is 17.5 Å². The van der Waals surface area contributed by atoms with Gasteiger partial charge < -0.3 is 4.74 Å². The first-order valence-electron chi connectivity index (χ1n) is 4.63. The van der Waals surface area contributed by atoms with Crippen molar-refractivity contribution < 1.29 is 4.74 Å². The summed E-state index contributed by atoms with van der Waals surface area (Å²) < 4.78 is 5.31. The first kappa shape index (κ1) is 10.1. The first-order chi connectivity index (χ1) is 7.67. The number of aryl methyl sites for hydroxylation is 2. The Morgan fingerprint density at radius 1 is 1.31 bits per heavy atom. The number of aromatic nitrogens is 4. The molecule has 0 spiro atoms. The number of nitrogens with one attached hydrogen (secondary N) is 1. The smallest absolute Gasteiger partial charge is 0.324 e. The van der Waals surface area contributed by atoms with Gasteiger partial charge in [0.25, 0.3) is 0 Å². The molecule has 0 aromatic carbocycles. The van der Waals surface area contributed by atoms with Crippen LogP contribution < -0.4 is 4.74 Å². The van der Waals surface area contributed by atoms with E-state index < -0.39 is 0 Å². The van der Waals surface area contributed by atoms with Crippen LogP contribution in [0.3, 0.4) is 0 Å². The lowest BCUT2D eigenvalue weighted by Crippen LogP contribution is -1.96. The van der Waals surface area contributed by atoms with Crippen LogP contribution in [0.1, 0.15) is 17.1 Å². The number of rotatable bonds is 2. The quantitative estimate of drug-likeness (QED) is 0.819. The molecule has 0 bridgehead atoms. The van der Waals surface area contributed by atoms with Crippen molar-refractivity contribution in [1.82, 2.24) is 20.2 Å². The van der Waals surface area contributed by atoms with Crippen LogP contribution >= 0.6 is 0 Å². The van der Waals surface area contributed by atoms with Crippen molar-refractivity contribution in [3.05, 3.63) is 29.2 Å². The predicted octanol–water partition coefficient (Wildman–Crippen LogP) is 1.48. The van der Waals surface area contributed by atoms with Gasteiger partial charge in [0.1, 0.15) is 11.8 Å². The van der Waals surface area contributed by atoms with Gasteiger partial charge in [-0.3, -0.25) is 5.10 Å². The van der Waals surface area contributed by atoms with E-state index in [1.54, 1.807) is 19.1 Å². The lowest BCUT2D eigenvalue weighted by atomic mass is 10.3. The highest BCUT2D eigenvalue weighted by atomic mass is 16.5. The maximum atomic E-state index is 8.74. The van der Waals surface area contributed by atoms with Crippen molar-refractivity contribution in [2.24, 2.45) is 0 Å². The monoisotopic (exact) mass is 215 g/mol. The van der Waals surface area contributed by atoms with Crippen LogP contribution in [0.15, 0.2) is 12.1 Å². The molecule has 0 saturated carbocycles. The number of ether oxygens (including phenoxy) is 1. The van der Waals surface area contributed by atoms with Crippen molar-refractivity contribution in [2.75, 3.05) is 0 Å². The SMILES string of the molecule is Cc1cc(C#N)nc(Oc2cc(C)[nH]n2)n1. The minimum absolute atomic E-state index is 0.128. The molecule has 0 aliphatic rings. The summed E-state index contributed by atoms with van der Waals surface area (Å²) in [4.78, 5) is 7.96. The van der Waals surface area contributed by atoms with E-state index in [0.717, 1.165) is 5.69 Å². The molecule has 2 aromatic heterocycles. The number of hydrogen-bond donors (Lipinski definition) is 1. The third-order valence-corrected chi connectivity index (χ3v) is 1.83. The Morgan fingerprint density at radius 3 is 2.75 bits per heavy atom. The van der Waals surface area contributed by atoms with Crippen LogP contribution in [0.5, 0.6) is 11.9 Å². The first-order valence-corrected chi connectivity index (χ1v) is 4.63. The molecule has 0 aliphatic heterocycles. The molecule has 0 radical (unpaired) electrons. The number of nitriles is 1. The van der Waals surface area contributed by atoms with E-state index in [9.17, 15) is 0 Å². The van der Waals surface area contributed by atoms with E-state index in [-0.39, 0.29) is 11.7 Å². The molecular weight excluding hydrogens is 206 g/mol. The highest BCUT2D eigenvalue weighted by molar-refractivity contribution is 5.25. The van der Waals surface area contributed by atoms with Gasteiger partial charge in [-0.2, -0.15) is 10.2 Å². The summed E-state index contributed by atoms with van der Waals surface area (Å²) in [6, 6.07) is 5.37. The summed E-state index contributed by atoms with van der Waals surface area (Å²) in [5.74, 6) is 0.381. The lowest BCUT2D eigenvalue weighted by Gasteiger charge is -2.00. The van der Waals surface area contributed by atoms with E-state index >= 15 is 0 Å². The molecule has 16 heavy (non-hydrogen) atoms. The fraction of sp³-hybridized carbons (Fsp3) is 0.200. The Kier molecular flexibility index (Phi) is 2.52. The van der Waals surface area contributed by atoms with Crippen molar-refractivity contribution in [1.29, 1.82) is 5.26 Å². The van der Waals surface area contributed by atoms with Gasteiger partial charge in [-0.05, 0) is 19.9 Å². The summed E-state index contributed by atoms with van der Waals surface area (Å²) in [5.41, 5.74) is 1.83. The third kappa shape index (κ3) is 2.15. The zero-order chi connectivity index (χ0) is 11.5. The minimum Gasteiger partial charge on any atom is -0.404 e. The Morgan fingerprint density at radius 2 is 2.12 bits per heavy atom. The molecule has 0 unspecified atom stereocenters. The van der Waals surface area contributed by atoms with Gasteiger partial charge in [-0.1, -0.05) is 0 Å². The Bertz CT molecular complexity index is 555. The highest BCUT2D eigenvalue weighted by Crippen LogP contribution is 2.16. The molecule has 80 valence electrons. The molecule has 1 N–H and O–H groups in total. The molecule has 0 amide bonds. The summed E-state index contributed by atoms with van der Waals surface area (Å²) in [7, 11) is 0. The van der Waals surface area contributed by atoms with Gasteiger partial charge in [0.15, 0.2) is 0 Å². The molecule has 0 aliphatic carbocycles. The van der Waals surface area contributed by atoms with Crippen LogP contribution in [-0.2, 0) is 0 Å². The van der Waals surface area contributed by atoms with Crippen molar-refractivity contribution in [3.63, 3.8) is 0 Å². The van der Waals surface area contributed by atoms with Gasteiger partial charge in [-0.25, -0.2) is 4.98 Å². The van der Waals surface area contributed by atoms with Crippen LogP contribution in [0.4, 0.5) is 0 Å². The van der Waals surface area contributed by atoms with Crippen LogP contribution in [0.2, 0.25) is 0 Å². The van der Waals surface area contributed by atoms with Gasteiger partial charge in [0.2, 0.25) is 5.88 Å². The van der Waals surface area contributed by atoms with Crippen LogP contribution in [0.25, 0.3) is 0 Å². The fourth-order valence-corrected chi connectivity index (χ4v) is 1.18. The molecule has 2 heterocycles. The maximum absolute atomic E-state index is 8.74. The van der Waals surface area contributed by atoms with Crippen molar-refractivity contribution >= 4 is 0 Å².